The zero-order valence-electron chi connectivity index (χ0n) is 11.3. The van der Waals surface area contributed by atoms with E-state index in [0.717, 1.165) is 5.56 Å². The maximum atomic E-state index is 13.6. The van der Waals surface area contributed by atoms with Crippen LogP contribution in [0, 0.1) is 12.7 Å². The predicted molar refractivity (Wildman–Crippen MR) is 78.0 cm³/mol. The first-order valence-corrected chi connectivity index (χ1v) is 6.16. The number of carbonyl (C=O) groups excluding carboxylic acids is 1. The molecule has 0 aliphatic rings. The molecule has 2 aromatic rings. The van der Waals surface area contributed by atoms with E-state index < -0.39 is 11.7 Å². The minimum absolute atomic E-state index is 0.0180. The van der Waals surface area contributed by atoms with Gasteiger partial charge in [0.1, 0.15) is 5.82 Å². The molecule has 1 amide bonds. The van der Waals surface area contributed by atoms with Crippen molar-refractivity contribution in [3.05, 3.63) is 65.0 Å². The zero-order chi connectivity index (χ0) is 15.4. The Kier molecular flexibility index (Phi) is 4.18. The highest BCUT2D eigenvalue weighted by Crippen LogP contribution is 2.14. The van der Waals surface area contributed by atoms with Crippen LogP contribution in [0.25, 0.3) is 0 Å². The van der Waals surface area contributed by atoms with Crippen LogP contribution in [0.3, 0.4) is 0 Å². The van der Waals surface area contributed by atoms with Crippen molar-refractivity contribution in [2.24, 2.45) is 10.9 Å². The molecule has 0 radical (unpaired) electrons. The van der Waals surface area contributed by atoms with Crippen molar-refractivity contribution >= 4 is 17.4 Å². The summed E-state index contributed by atoms with van der Waals surface area (Å²) < 4.78 is 13.6. The molecule has 0 aromatic heterocycles. The van der Waals surface area contributed by atoms with Crippen LogP contribution >= 0.6 is 0 Å². The number of aryl methyl sites for hydroxylation is 1. The van der Waals surface area contributed by atoms with Gasteiger partial charge in [-0.2, -0.15) is 0 Å². The normalized spacial score (nSPS) is 11.2. The Balaban J connectivity index is 2.18. The molecule has 0 bridgehead atoms. The minimum atomic E-state index is -0.577. The standard InChI is InChI=1S/C15H14FN3O2/c1-9-2-7-13(16)12(8-9)15(20)18-11-5-3-10(4-6-11)14(17)19-21/h2-8,21H,1H3,(H2,17,19)(H,18,20). The van der Waals surface area contributed by atoms with Crippen molar-refractivity contribution < 1.29 is 14.4 Å². The Morgan fingerprint density at radius 2 is 1.90 bits per heavy atom. The summed E-state index contributed by atoms with van der Waals surface area (Å²) in [4.78, 5) is 12.0. The molecule has 4 N–H and O–H groups in total. The van der Waals surface area contributed by atoms with Gasteiger partial charge in [0.15, 0.2) is 5.84 Å². The van der Waals surface area contributed by atoms with Gasteiger partial charge < -0.3 is 16.3 Å². The van der Waals surface area contributed by atoms with Gasteiger partial charge in [0.25, 0.3) is 5.91 Å². The molecule has 2 rings (SSSR count). The molecule has 0 aliphatic carbocycles. The highest BCUT2D eigenvalue weighted by Gasteiger charge is 2.12. The van der Waals surface area contributed by atoms with Gasteiger partial charge in [0, 0.05) is 11.3 Å². The minimum Gasteiger partial charge on any atom is -0.409 e. The molecule has 0 saturated heterocycles. The molecule has 0 fully saturated rings. The smallest absolute Gasteiger partial charge is 0.258 e. The van der Waals surface area contributed by atoms with Crippen molar-refractivity contribution in [2.75, 3.05) is 5.32 Å². The van der Waals surface area contributed by atoms with Crippen molar-refractivity contribution in [3.63, 3.8) is 0 Å². The second kappa shape index (κ2) is 6.04. The summed E-state index contributed by atoms with van der Waals surface area (Å²) in [6.07, 6.45) is 0. The van der Waals surface area contributed by atoms with Gasteiger partial charge in [0.2, 0.25) is 0 Å². The lowest BCUT2D eigenvalue weighted by atomic mass is 10.1. The molecular formula is C15H14FN3O2. The number of hydrogen-bond acceptors (Lipinski definition) is 3. The van der Waals surface area contributed by atoms with Gasteiger partial charge in [-0.25, -0.2) is 4.39 Å². The van der Waals surface area contributed by atoms with Crippen LogP contribution in [0.4, 0.5) is 10.1 Å². The third-order valence-corrected chi connectivity index (χ3v) is 2.91. The van der Waals surface area contributed by atoms with Crippen molar-refractivity contribution in [1.29, 1.82) is 0 Å². The lowest BCUT2D eigenvalue weighted by Gasteiger charge is -2.07. The summed E-state index contributed by atoms with van der Waals surface area (Å²) in [5.74, 6) is -1.14. The molecule has 21 heavy (non-hydrogen) atoms. The number of nitrogens with zero attached hydrogens (tertiary/aromatic N) is 1. The molecule has 108 valence electrons. The average molecular weight is 287 g/mol. The highest BCUT2D eigenvalue weighted by molar-refractivity contribution is 6.05. The lowest BCUT2D eigenvalue weighted by molar-refractivity contribution is 0.102. The molecule has 0 unspecified atom stereocenters. The third-order valence-electron chi connectivity index (χ3n) is 2.91. The Morgan fingerprint density at radius 3 is 2.52 bits per heavy atom. The molecule has 0 aliphatic heterocycles. The summed E-state index contributed by atoms with van der Waals surface area (Å²) >= 11 is 0. The van der Waals surface area contributed by atoms with Crippen LogP contribution in [0.5, 0.6) is 0 Å². The number of nitrogens with two attached hydrogens (primary N) is 1. The van der Waals surface area contributed by atoms with Crippen LogP contribution in [0.1, 0.15) is 21.5 Å². The summed E-state index contributed by atoms with van der Waals surface area (Å²) in [6.45, 7) is 1.78. The van der Waals surface area contributed by atoms with Gasteiger partial charge in [-0.15, -0.1) is 0 Å². The molecule has 0 saturated carbocycles. The van der Waals surface area contributed by atoms with Gasteiger partial charge in [-0.05, 0) is 43.3 Å². The number of halogens is 1. The van der Waals surface area contributed by atoms with Gasteiger partial charge in [-0.3, -0.25) is 4.79 Å². The van der Waals surface area contributed by atoms with E-state index in [1.165, 1.54) is 12.1 Å². The van der Waals surface area contributed by atoms with E-state index in [2.05, 4.69) is 10.5 Å². The van der Waals surface area contributed by atoms with Crippen molar-refractivity contribution in [3.8, 4) is 0 Å². The highest BCUT2D eigenvalue weighted by atomic mass is 19.1. The van der Waals surface area contributed by atoms with Crippen LogP contribution in [-0.4, -0.2) is 17.0 Å². The molecule has 0 spiro atoms. The fraction of sp³-hybridized carbons (Fsp3) is 0.0667. The van der Waals surface area contributed by atoms with E-state index in [-0.39, 0.29) is 11.4 Å². The number of benzene rings is 2. The number of amides is 1. The number of hydrogen-bond donors (Lipinski definition) is 3. The number of rotatable bonds is 3. The zero-order valence-corrected chi connectivity index (χ0v) is 11.3. The first-order chi connectivity index (χ1) is 10.0. The van der Waals surface area contributed by atoms with Crippen LogP contribution in [-0.2, 0) is 0 Å². The SMILES string of the molecule is Cc1ccc(F)c(C(=O)Nc2ccc(C(N)=NO)cc2)c1. The topological polar surface area (TPSA) is 87.7 Å². The molecule has 2 aromatic carbocycles. The van der Waals surface area contributed by atoms with Crippen LogP contribution in [0.15, 0.2) is 47.6 Å². The summed E-state index contributed by atoms with van der Waals surface area (Å²) in [5.41, 5.74) is 7.21. The maximum Gasteiger partial charge on any atom is 0.258 e. The second-order valence-electron chi connectivity index (χ2n) is 4.50. The number of oxime groups is 1. The van der Waals surface area contributed by atoms with Crippen LogP contribution in [0.2, 0.25) is 0 Å². The van der Waals surface area contributed by atoms with E-state index in [1.807, 2.05) is 0 Å². The van der Waals surface area contributed by atoms with Crippen LogP contribution < -0.4 is 11.1 Å². The van der Waals surface area contributed by atoms with Gasteiger partial charge in [0.05, 0.1) is 5.56 Å². The molecule has 5 nitrogen and oxygen atoms in total. The maximum absolute atomic E-state index is 13.6. The Bertz CT molecular complexity index is 697. The second-order valence-corrected chi connectivity index (χ2v) is 4.50. The quantitative estimate of drug-likeness (QED) is 0.351. The summed E-state index contributed by atoms with van der Waals surface area (Å²) in [5, 5.41) is 14.0. The van der Waals surface area contributed by atoms with Crippen molar-refractivity contribution in [2.45, 2.75) is 6.92 Å². The monoisotopic (exact) mass is 287 g/mol. The Morgan fingerprint density at radius 1 is 1.24 bits per heavy atom. The van der Waals surface area contributed by atoms with E-state index in [1.54, 1.807) is 37.3 Å². The lowest BCUT2D eigenvalue weighted by Crippen LogP contribution is -2.15. The number of amidine groups is 1. The number of nitrogens with one attached hydrogen (secondary N) is 1. The largest absolute Gasteiger partial charge is 0.409 e. The third kappa shape index (κ3) is 3.36. The molecule has 6 heteroatoms. The Hall–Kier alpha value is -2.89. The van der Waals surface area contributed by atoms with E-state index in [9.17, 15) is 9.18 Å². The van der Waals surface area contributed by atoms with E-state index in [0.29, 0.717) is 11.3 Å². The molecular weight excluding hydrogens is 273 g/mol. The predicted octanol–water partition coefficient (Wildman–Crippen LogP) is 2.48. The Labute approximate surface area is 120 Å². The van der Waals surface area contributed by atoms with Gasteiger partial charge >= 0.3 is 0 Å². The fourth-order valence-corrected chi connectivity index (χ4v) is 1.79. The first kappa shape index (κ1) is 14.5. The van der Waals surface area contributed by atoms with Crippen molar-refractivity contribution in [1.82, 2.24) is 0 Å². The molecule has 0 atom stereocenters. The first-order valence-electron chi connectivity index (χ1n) is 6.16. The molecule has 0 heterocycles. The fourth-order valence-electron chi connectivity index (χ4n) is 1.79. The summed E-state index contributed by atoms with van der Waals surface area (Å²) in [6, 6.07) is 10.7. The van der Waals surface area contributed by atoms with E-state index >= 15 is 0 Å². The van der Waals surface area contributed by atoms with Gasteiger partial charge in [-0.1, -0.05) is 16.8 Å². The van der Waals surface area contributed by atoms with E-state index in [4.69, 9.17) is 10.9 Å². The summed E-state index contributed by atoms with van der Waals surface area (Å²) in [7, 11) is 0. The average Bonchev–Trinajstić information content (AvgIpc) is 2.49. The number of anilines is 1. The number of carbonyl (C=O) groups is 1.